The van der Waals surface area contributed by atoms with Gasteiger partial charge in [0, 0.05) is 32.7 Å². The molecular formula is C13H25O3SY-. The Kier molecular flexibility index (Phi) is 25.6. The van der Waals surface area contributed by atoms with Crippen molar-refractivity contribution in [1.29, 1.82) is 0 Å². The van der Waals surface area contributed by atoms with Gasteiger partial charge in [0.25, 0.3) is 10.1 Å². The second-order valence-electron chi connectivity index (χ2n) is 2.67. The number of rotatable bonds is 2. The van der Waals surface area contributed by atoms with Crippen LogP contribution in [0.15, 0.2) is 30.3 Å². The van der Waals surface area contributed by atoms with Crippen LogP contribution in [-0.2, 0) is 47.0 Å². The zero-order chi connectivity index (χ0) is 13.0. The Labute approximate surface area is 138 Å². The summed E-state index contributed by atoms with van der Waals surface area (Å²) in [6.07, 6.45) is 0. The minimum absolute atomic E-state index is 0. The number of hydrogen-bond donors (Lipinski definition) is 0. The molecule has 0 fully saturated rings. The van der Waals surface area contributed by atoms with E-state index in [4.69, 9.17) is 0 Å². The second kappa shape index (κ2) is 17.2. The third kappa shape index (κ3) is 18.6. The maximum absolute atomic E-state index is 10.1. The van der Waals surface area contributed by atoms with Gasteiger partial charge in [0.15, 0.2) is 0 Å². The molecule has 0 unspecified atom stereocenters. The average molecular weight is 350 g/mol. The van der Waals surface area contributed by atoms with Crippen LogP contribution in [0.3, 0.4) is 0 Å². The summed E-state index contributed by atoms with van der Waals surface area (Å²) in [5.74, 6) is 0.0451. The second-order valence-corrected chi connectivity index (χ2v) is 4.69. The Morgan fingerprint density at radius 2 is 1.50 bits per heavy atom. The van der Waals surface area contributed by atoms with Gasteiger partial charge in [0.1, 0.15) is 0 Å². The van der Waals surface area contributed by atoms with E-state index in [0.29, 0.717) is 0 Å². The normalized spacial score (nSPS) is 8.28. The monoisotopic (exact) mass is 350 g/mol. The molecule has 0 atom stereocenters. The first-order valence-electron chi connectivity index (χ1n) is 5.31. The fourth-order valence-corrected chi connectivity index (χ4v) is 0.888. The molecule has 1 aromatic carbocycles. The molecule has 0 saturated heterocycles. The first-order chi connectivity index (χ1) is 7.52. The molecule has 18 heavy (non-hydrogen) atoms. The van der Waals surface area contributed by atoms with Crippen LogP contribution in [0.2, 0.25) is 0 Å². The molecule has 1 rings (SSSR count). The molecule has 1 radical (unpaired) electrons. The van der Waals surface area contributed by atoms with Gasteiger partial charge >= 0.3 is 0 Å². The third-order valence-corrected chi connectivity index (χ3v) is 2.76. The minimum Gasteiger partial charge on any atom is -0.358 e. The average Bonchev–Trinajstić information content (AvgIpc) is 2.33. The smallest absolute Gasteiger partial charge is 0.266 e. The van der Waals surface area contributed by atoms with Crippen LogP contribution >= 0.6 is 0 Å². The summed E-state index contributed by atoms with van der Waals surface area (Å²) in [6, 6.07) is 10.3. The standard InChI is InChI=1S/C7H8.C3H8O3S.C2H6.CH3.Y/c1-7-5-3-2-4-6-7;1-3-7(4,5)6-2;1-2;;/h2-6H,1H3;3H2,1-2H3;1-2H3;1H3;/q;;;-1;. The Balaban J connectivity index is -0.0000000871. The van der Waals surface area contributed by atoms with Crippen molar-refractivity contribution in [2.45, 2.75) is 27.7 Å². The fourth-order valence-electron chi connectivity index (χ4n) is 0.652. The molecule has 0 aliphatic rings. The zero-order valence-electron chi connectivity index (χ0n) is 12.3. The van der Waals surface area contributed by atoms with Crippen LogP contribution in [0.1, 0.15) is 26.3 Å². The Bertz CT molecular complexity index is 327. The van der Waals surface area contributed by atoms with Crippen LogP contribution in [0.25, 0.3) is 0 Å². The van der Waals surface area contributed by atoms with Crippen molar-refractivity contribution in [2.75, 3.05) is 12.9 Å². The minimum atomic E-state index is -3.16. The molecule has 0 amide bonds. The van der Waals surface area contributed by atoms with Crippen molar-refractivity contribution in [3.63, 3.8) is 0 Å². The summed E-state index contributed by atoms with van der Waals surface area (Å²) >= 11 is 0. The third-order valence-electron chi connectivity index (χ3n) is 1.55. The molecule has 0 aromatic heterocycles. The summed E-state index contributed by atoms with van der Waals surface area (Å²) in [5, 5.41) is 0. The van der Waals surface area contributed by atoms with E-state index < -0.39 is 10.1 Å². The SMILES string of the molecule is CC.CCS(=O)(=O)OC.Cc1ccccc1.[CH3-].[Y]. The van der Waals surface area contributed by atoms with Gasteiger partial charge < -0.3 is 7.43 Å². The van der Waals surface area contributed by atoms with Gasteiger partial charge in [-0.15, -0.1) is 0 Å². The van der Waals surface area contributed by atoms with Crippen LogP contribution in [-0.4, -0.2) is 21.3 Å². The largest absolute Gasteiger partial charge is 0.358 e. The van der Waals surface area contributed by atoms with Gasteiger partial charge in [-0.3, -0.25) is 4.18 Å². The topological polar surface area (TPSA) is 43.4 Å². The van der Waals surface area contributed by atoms with E-state index in [1.807, 2.05) is 32.0 Å². The molecule has 0 spiro atoms. The van der Waals surface area contributed by atoms with Gasteiger partial charge in [-0.2, -0.15) is 8.42 Å². The van der Waals surface area contributed by atoms with E-state index in [-0.39, 0.29) is 45.9 Å². The van der Waals surface area contributed by atoms with E-state index in [1.165, 1.54) is 12.5 Å². The summed E-state index contributed by atoms with van der Waals surface area (Å²) in [4.78, 5) is 0. The molecule has 0 aliphatic carbocycles. The molecule has 0 bridgehead atoms. The van der Waals surface area contributed by atoms with Crippen molar-refractivity contribution in [3.05, 3.63) is 43.3 Å². The van der Waals surface area contributed by atoms with Crippen LogP contribution < -0.4 is 0 Å². The molecule has 105 valence electrons. The molecule has 0 saturated carbocycles. The maximum atomic E-state index is 10.1. The Hall–Kier alpha value is 0.234. The number of benzene rings is 1. The van der Waals surface area contributed by atoms with Gasteiger partial charge in [-0.1, -0.05) is 49.7 Å². The Morgan fingerprint density at radius 1 is 1.11 bits per heavy atom. The van der Waals surface area contributed by atoms with E-state index in [9.17, 15) is 8.42 Å². The van der Waals surface area contributed by atoms with E-state index in [0.717, 1.165) is 7.11 Å². The van der Waals surface area contributed by atoms with Crippen LogP contribution in [0.4, 0.5) is 0 Å². The maximum Gasteiger partial charge on any atom is 0.266 e. The van der Waals surface area contributed by atoms with Crippen molar-refractivity contribution in [3.8, 4) is 0 Å². The summed E-state index contributed by atoms with van der Waals surface area (Å²) in [5.41, 5.74) is 1.32. The van der Waals surface area contributed by atoms with Crippen LogP contribution in [0, 0.1) is 14.4 Å². The van der Waals surface area contributed by atoms with Crippen molar-refractivity contribution >= 4 is 10.1 Å². The molecule has 3 nitrogen and oxygen atoms in total. The quantitative estimate of drug-likeness (QED) is 0.606. The summed E-state index contributed by atoms with van der Waals surface area (Å²) in [7, 11) is -2.01. The first kappa shape index (κ1) is 26.7. The molecule has 0 heterocycles. The predicted molar refractivity (Wildman–Crippen MR) is 75.4 cm³/mol. The molecule has 0 aliphatic heterocycles. The molecule has 1 aromatic rings. The van der Waals surface area contributed by atoms with Gasteiger partial charge in [-0.05, 0) is 13.8 Å². The van der Waals surface area contributed by atoms with E-state index in [2.05, 4.69) is 23.2 Å². The van der Waals surface area contributed by atoms with E-state index >= 15 is 0 Å². The molecular weight excluding hydrogens is 325 g/mol. The van der Waals surface area contributed by atoms with Crippen LogP contribution in [0.5, 0.6) is 0 Å². The van der Waals surface area contributed by atoms with E-state index in [1.54, 1.807) is 0 Å². The summed E-state index contributed by atoms with van der Waals surface area (Å²) in [6.45, 7) is 7.61. The first-order valence-corrected chi connectivity index (χ1v) is 6.89. The van der Waals surface area contributed by atoms with Gasteiger partial charge in [-0.25, -0.2) is 0 Å². The van der Waals surface area contributed by atoms with Gasteiger partial charge in [0.2, 0.25) is 0 Å². The molecule has 5 heteroatoms. The van der Waals surface area contributed by atoms with Gasteiger partial charge in [0.05, 0.1) is 12.9 Å². The zero-order valence-corrected chi connectivity index (χ0v) is 16.0. The predicted octanol–water partition coefficient (Wildman–Crippen LogP) is 3.45. The van der Waals surface area contributed by atoms with Crippen molar-refractivity contribution in [2.24, 2.45) is 0 Å². The Morgan fingerprint density at radius 3 is 1.61 bits per heavy atom. The fraction of sp³-hybridized carbons (Fsp3) is 0.462. The van der Waals surface area contributed by atoms with Crippen molar-refractivity contribution < 1.29 is 45.3 Å². The van der Waals surface area contributed by atoms with Crippen molar-refractivity contribution in [1.82, 2.24) is 0 Å². The number of hydrogen-bond acceptors (Lipinski definition) is 3. The summed E-state index contributed by atoms with van der Waals surface area (Å²) < 4.78 is 24.4. The number of aryl methyl sites for hydroxylation is 1. The molecule has 0 N–H and O–H groups in total.